The van der Waals surface area contributed by atoms with Gasteiger partial charge in [-0.1, -0.05) is 101 Å². The minimum absolute atomic E-state index is 0.177. The Balaban J connectivity index is 2.19. The molecule has 0 saturated carbocycles. The van der Waals surface area contributed by atoms with Crippen LogP contribution in [0.4, 0.5) is 4.79 Å². The second kappa shape index (κ2) is 19.8. The number of ether oxygens (including phenoxy) is 2. The van der Waals surface area contributed by atoms with Crippen molar-refractivity contribution in [2.45, 2.75) is 64.7 Å². The number of hydrogen-bond donors (Lipinski definition) is 3. The van der Waals surface area contributed by atoms with Crippen LogP contribution in [0.1, 0.15) is 57.6 Å². The fourth-order valence-corrected chi connectivity index (χ4v) is 4.84. The molecule has 3 atom stereocenters. The topological polar surface area (TPSA) is 106 Å². The maximum Gasteiger partial charge on any atom is 0.407 e. The maximum absolute atomic E-state index is 13.9. The quantitative estimate of drug-likeness (QED) is 0.0966. The molecule has 0 aliphatic rings. The van der Waals surface area contributed by atoms with Crippen molar-refractivity contribution in [2.24, 2.45) is 11.8 Å². The predicted octanol–water partition coefficient (Wildman–Crippen LogP) is 6.42. The van der Waals surface area contributed by atoms with E-state index in [2.05, 4.69) is 38.5 Å². The molecule has 0 spiro atoms. The van der Waals surface area contributed by atoms with E-state index in [0.717, 1.165) is 16.7 Å². The Bertz CT molecular complexity index is 1200. The zero-order valence-corrected chi connectivity index (χ0v) is 28.0. The van der Waals surface area contributed by atoms with Gasteiger partial charge in [-0.25, -0.2) is 4.79 Å². The number of benzene rings is 2. The number of alkyl halides is 1. The van der Waals surface area contributed by atoms with E-state index < -0.39 is 23.7 Å². The van der Waals surface area contributed by atoms with Crippen molar-refractivity contribution in [3.63, 3.8) is 0 Å². The van der Waals surface area contributed by atoms with Gasteiger partial charge >= 0.3 is 6.09 Å². The summed E-state index contributed by atoms with van der Waals surface area (Å²) >= 11 is 3.50. The molecule has 2 aromatic rings. The molecule has 0 radical (unpaired) electrons. The molecule has 0 aromatic heterocycles. The lowest BCUT2D eigenvalue weighted by Gasteiger charge is -2.28. The van der Waals surface area contributed by atoms with Gasteiger partial charge in [0.05, 0.1) is 13.2 Å². The summed E-state index contributed by atoms with van der Waals surface area (Å²) < 4.78 is 11.4. The Morgan fingerprint density at radius 2 is 1.66 bits per heavy atom. The van der Waals surface area contributed by atoms with Gasteiger partial charge < -0.3 is 25.4 Å². The van der Waals surface area contributed by atoms with E-state index in [1.54, 1.807) is 27.8 Å². The van der Waals surface area contributed by atoms with Gasteiger partial charge in [0, 0.05) is 24.8 Å². The minimum atomic E-state index is -0.765. The summed E-state index contributed by atoms with van der Waals surface area (Å²) in [4.78, 5) is 38.8. The fourth-order valence-electron chi connectivity index (χ4n) is 4.61. The lowest BCUT2D eigenvalue weighted by atomic mass is 9.84. The van der Waals surface area contributed by atoms with Crippen LogP contribution >= 0.6 is 15.9 Å². The highest BCUT2D eigenvalue weighted by Crippen LogP contribution is 2.26. The molecule has 0 aliphatic heterocycles. The Hall–Kier alpha value is -3.43. The van der Waals surface area contributed by atoms with Crippen molar-refractivity contribution >= 4 is 39.9 Å². The average molecular weight is 671 g/mol. The highest BCUT2D eigenvalue weighted by Gasteiger charge is 2.31. The standard InChI is InChI=1S/C35H48BrN3O5/c1-26(23-36)22-29(25-43-24-28-16-10-7-11-17-28)30(19-12-18-27-14-8-6-9-15-27)32(40)39-31(33(41)37-5)20-13-21-38-34(42)44-35(2,3)4/h6-12,14-18,29-31H,1,13,19-25H2,2-5H3,(H,37,41)(H,38,42)(H,39,40)/b18-12+/t29-,30?,31-/m1/s1. The van der Waals surface area contributed by atoms with Crippen molar-refractivity contribution < 1.29 is 23.9 Å². The van der Waals surface area contributed by atoms with Crippen molar-refractivity contribution in [3.05, 3.63) is 90.0 Å². The molecule has 240 valence electrons. The molecule has 0 aliphatic carbocycles. The molecule has 2 rings (SSSR count). The number of hydrogen-bond acceptors (Lipinski definition) is 5. The molecular formula is C35H48BrN3O5. The zero-order valence-electron chi connectivity index (χ0n) is 26.4. The number of carbonyl (C=O) groups is 3. The first-order chi connectivity index (χ1) is 21.0. The first-order valence-electron chi connectivity index (χ1n) is 15.1. The second-order valence-corrected chi connectivity index (χ2v) is 12.3. The van der Waals surface area contributed by atoms with Crippen molar-refractivity contribution in [1.82, 2.24) is 16.0 Å². The molecule has 0 fully saturated rings. The smallest absolute Gasteiger partial charge is 0.407 e. The van der Waals surface area contributed by atoms with Gasteiger partial charge in [0.1, 0.15) is 11.6 Å². The molecule has 0 bridgehead atoms. The minimum Gasteiger partial charge on any atom is -0.444 e. The van der Waals surface area contributed by atoms with Crippen molar-refractivity contribution in [2.75, 3.05) is 25.5 Å². The van der Waals surface area contributed by atoms with E-state index in [-0.39, 0.29) is 17.7 Å². The van der Waals surface area contributed by atoms with Crippen LogP contribution in [-0.2, 0) is 25.7 Å². The largest absolute Gasteiger partial charge is 0.444 e. The van der Waals surface area contributed by atoms with E-state index in [4.69, 9.17) is 9.47 Å². The summed E-state index contributed by atoms with van der Waals surface area (Å²) in [6.07, 6.45) is 5.34. The Labute approximate surface area is 271 Å². The number of allylic oxidation sites excluding steroid dienone is 2. The van der Waals surface area contributed by atoms with E-state index in [0.29, 0.717) is 50.8 Å². The lowest BCUT2D eigenvalue weighted by Crippen LogP contribution is -2.49. The van der Waals surface area contributed by atoms with Crippen LogP contribution in [0.5, 0.6) is 0 Å². The number of nitrogens with one attached hydrogen (secondary N) is 3. The van der Waals surface area contributed by atoms with Gasteiger partial charge in [-0.3, -0.25) is 9.59 Å². The number of halogens is 1. The van der Waals surface area contributed by atoms with E-state index in [1.807, 2.05) is 72.8 Å². The summed E-state index contributed by atoms with van der Waals surface area (Å²) in [6, 6.07) is 19.0. The Morgan fingerprint density at radius 1 is 1.00 bits per heavy atom. The third-order valence-electron chi connectivity index (χ3n) is 6.81. The molecule has 44 heavy (non-hydrogen) atoms. The van der Waals surface area contributed by atoms with Crippen LogP contribution in [0.15, 0.2) is 78.9 Å². The highest BCUT2D eigenvalue weighted by molar-refractivity contribution is 9.09. The van der Waals surface area contributed by atoms with Crippen LogP contribution in [0, 0.1) is 11.8 Å². The van der Waals surface area contributed by atoms with Crippen molar-refractivity contribution in [3.8, 4) is 0 Å². The number of amides is 3. The van der Waals surface area contributed by atoms with Crippen LogP contribution in [0.3, 0.4) is 0 Å². The van der Waals surface area contributed by atoms with Gasteiger partial charge in [0.2, 0.25) is 11.8 Å². The molecule has 3 amide bonds. The summed E-state index contributed by atoms with van der Waals surface area (Å²) in [6.45, 7) is 10.6. The molecular weight excluding hydrogens is 622 g/mol. The molecule has 0 saturated heterocycles. The van der Waals surface area contributed by atoms with E-state index in [1.165, 1.54) is 0 Å². The third-order valence-corrected chi connectivity index (χ3v) is 7.60. The molecule has 9 heteroatoms. The predicted molar refractivity (Wildman–Crippen MR) is 180 cm³/mol. The second-order valence-electron chi connectivity index (χ2n) is 11.8. The van der Waals surface area contributed by atoms with Gasteiger partial charge in [-0.15, -0.1) is 0 Å². The summed E-state index contributed by atoms with van der Waals surface area (Å²) in [5.41, 5.74) is 2.44. The van der Waals surface area contributed by atoms with Crippen LogP contribution in [0.25, 0.3) is 6.08 Å². The van der Waals surface area contributed by atoms with Gasteiger partial charge in [0.15, 0.2) is 0 Å². The number of likely N-dealkylation sites (N-methyl/N-ethyl adjacent to an activating group) is 1. The first-order valence-corrected chi connectivity index (χ1v) is 16.2. The van der Waals surface area contributed by atoms with Crippen LogP contribution < -0.4 is 16.0 Å². The average Bonchev–Trinajstić information content (AvgIpc) is 3.00. The van der Waals surface area contributed by atoms with Gasteiger partial charge in [-0.05, 0) is 63.5 Å². The first kappa shape index (κ1) is 36.8. The Morgan fingerprint density at radius 3 is 2.27 bits per heavy atom. The molecule has 0 heterocycles. The molecule has 1 unspecified atom stereocenters. The Kier molecular flexibility index (Phi) is 16.5. The number of carbonyl (C=O) groups excluding carboxylic acids is 3. The molecule has 8 nitrogen and oxygen atoms in total. The third kappa shape index (κ3) is 14.8. The zero-order chi connectivity index (χ0) is 32.4. The summed E-state index contributed by atoms with van der Waals surface area (Å²) in [5.74, 6) is -1.18. The fraction of sp³-hybridized carbons (Fsp3) is 0.457. The van der Waals surface area contributed by atoms with E-state index in [9.17, 15) is 14.4 Å². The molecule has 2 aromatic carbocycles. The number of alkyl carbamates (subject to hydrolysis) is 1. The lowest BCUT2D eigenvalue weighted by molar-refractivity contribution is -0.132. The monoisotopic (exact) mass is 669 g/mol. The normalized spacial score (nSPS) is 13.5. The van der Waals surface area contributed by atoms with Gasteiger partial charge in [-0.2, -0.15) is 0 Å². The van der Waals surface area contributed by atoms with E-state index >= 15 is 0 Å². The van der Waals surface area contributed by atoms with Crippen molar-refractivity contribution in [1.29, 1.82) is 0 Å². The SMILES string of the molecule is C=C(CBr)C[C@H](COCc1ccccc1)C(C/C=C/c1ccccc1)C(=O)N[C@H](CCCNC(=O)OC(C)(C)C)C(=O)NC. The summed E-state index contributed by atoms with van der Waals surface area (Å²) in [7, 11) is 1.54. The van der Waals surface area contributed by atoms with Crippen LogP contribution in [0.2, 0.25) is 0 Å². The molecule has 3 N–H and O–H groups in total. The van der Waals surface area contributed by atoms with Crippen LogP contribution in [-0.4, -0.2) is 55.1 Å². The van der Waals surface area contributed by atoms with Gasteiger partial charge in [0.25, 0.3) is 0 Å². The highest BCUT2D eigenvalue weighted by atomic mass is 79.9. The maximum atomic E-state index is 13.9. The summed E-state index contributed by atoms with van der Waals surface area (Å²) in [5, 5.41) is 8.97. The number of rotatable bonds is 18.